The van der Waals surface area contributed by atoms with E-state index >= 15 is 0 Å². The van der Waals surface area contributed by atoms with Crippen LogP contribution in [0, 0.1) is 0 Å². The highest BCUT2D eigenvalue weighted by molar-refractivity contribution is 7.92. The van der Waals surface area contributed by atoms with Gasteiger partial charge < -0.3 is 10.2 Å². The van der Waals surface area contributed by atoms with E-state index in [1.807, 2.05) is 30.3 Å². The van der Waals surface area contributed by atoms with Gasteiger partial charge in [0, 0.05) is 22.6 Å². The molecule has 0 unspecified atom stereocenters. The number of carbonyl (C=O) groups excluding carboxylic acids is 2. The van der Waals surface area contributed by atoms with Gasteiger partial charge in [0.05, 0.1) is 11.9 Å². The second-order valence-electron chi connectivity index (χ2n) is 8.92. The zero-order chi connectivity index (χ0) is 25.6. The van der Waals surface area contributed by atoms with Crippen molar-refractivity contribution in [3.8, 4) is 0 Å². The molecule has 10 heteroatoms. The van der Waals surface area contributed by atoms with Crippen LogP contribution in [0.5, 0.6) is 0 Å². The molecular formula is C25H31Cl2N3O4S. The fourth-order valence-corrected chi connectivity index (χ4v) is 5.58. The molecule has 1 atom stereocenters. The number of anilines is 1. The quantitative estimate of drug-likeness (QED) is 0.503. The monoisotopic (exact) mass is 539 g/mol. The fraction of sp³-hybridized carbons (Fsp3) is 0.440. The Morgan fingerprint density at radius 2 is 1.63 bits per heavy atom. The lowest BCUT2D eigenvalue weighted by molar-refractivity contribution is -0.139. The number of halogens is 2. The molecule has 0 spiro atoms. The molecule has 0 heterocycles. The molecule has 1 aliphatic rings. The maximum absolute atomic E-state index is 13.6. The molecule has 1 fully saturated rings. The molecule has 0 radical (unpaired) electrons. The van der Waals surface area contributed by atoms with E-state index in [-0.39, 0.29) is 34.2 Å². The summed E-state index contributed by atoms with van der Waals surface area (Å²) in [7, 11) is -3.85. The summed E-state index contributed by atoms with van der Waals surface area (Å²) in [5.41, 5.74) is 1.01. The molecule has 2 amide bonds. The van der Waals surface area contributed by atoms with Crippen LogP contribution in [-0.4, -0.2) is 50.0 Å². The molecule has 1 aliphatic carbocycles. The normalized spacial score (nSPS) is 15.3. The number of benzene rings is 2. The standard InChI is InChI=1S/C25H31Cl2N3O4S/c1-18(25(32)28-22-11-7-4-8-12-22)29(16-19-9-5-3-6-10-19)24(31)17-30(35(2,33)34)23-14-20(26)13-21(27)15-23/h3,5-6,9-10,13-15,18,22H,4,7-8,11-12,16-17H2,1-2H3,(H,28,32)/t18-/m0/s1. The number of sulfonamides is 1. The number of amides is 2. The average Bonchev–Trinajstić information content (AvgIpc) is 2.80. The lowest BCUT2D eigenvalue weighted by Crippen LogP contribution is -2.52. The van der Waals surface area contributed by atoms with E-state index in [2.05, 4.69) is 5.32 Å². The second-order valence-corrected chi connectivity index (χ2v) is 11.7. The summed E-state index contributed by atoms with van der Waals surface area (Å²) < 4.78 is 26.2. The van der Waals surface area contributed by atoms with Crippen molar-refractivity contribution in [3.63, 3.8) is 0 Å². The summed E-state index contributed by atoms with van der Waals surface area (Å²) in [6.07, 6.45) is 6.14. The zero-order valence-electron chi connectivity index (χ0n) is 19.9. The van der Waals surface area contributed by atoms with E-state index < -0.39 is 28.5 Å². The molecule has 1 N–H and O–H groups in total. The van der Waals surface area contributed by atoms with E-state index in [9.17, 15) is 18.0 Å². The number of hydrogen-bond donors (Lipinski definition) is 1. The van der Waals surface area contributed by atoms with Gasteiger partial charge in [-0.15, -0.1) is 0 Å². The van der Waals surface area contributed by atoms with Crippen LogP contribution in [0.15, 0.2) is 48.5 Å². The lowest BCUT2D eigenvalue weighted by atomic mass is 9.95. The summed E-state index contributed by atoms with van der Waals surface area (Å²) in [6.45, 7) is 1.33. The highest BCUT2D eigenvalue weighted by Gasteiger charge is 2.31. The van der Waals surface area contributed by atoms with Crippen LogP contribution in [0.1, 0.15) is 44.6 Å². The summed E-state index contributed by atoms with van der Waals surface area (Å²) in [5.74, 6) is -0.764. The first-order valence-corrected chi connectivity index (χ1v) is 14.2. The van der Waals surface area contributed by atoms with Crippen molar-refractivity contribution in [2.24, 2.45) is 0 Å². The van der Waals surface area contributed by atoms with Gasteiger partial charge in [-0.3, -0.25) is 13.9 Å². The summed E-state index contributed by atoms with van der Waals surface area (Å²) >= 11 is 12.2. The minimum absolute atomic E-state index is 0.0912. The van der Waals surface area contributed by atoms with Crippen LogP contribution in [0.25, 0.3) is 0 Å². The predicted molar refractivity (Wildman–Crippen MR) is 140 cm³/mol. The van der Waals surface area contributed by atoms with Crippen LogP contribution in [0.2, 0.25) is 10.0 Å². The molecule has 0 aromatic heterocycles. The summed E-state index contributed by atoms with van der Waals surface area (Å²) in [6, 6.07) is 12.9. The number of nitrogens with one attached hydrogen (secondary N) is 1. The molecule has 0 saturated heterocycles. The predicted octanol–water partition coefficient (Wildman–Crippen LogP) is 4.63. The Bertz CT molecular complexity index is 1120. The van der Waals surface area contributed by atoms with Crippen molar-refractivity contribution < 1.29 is 18.0 Å². The van der Waals surface area contributed by atoms with Crippen molar-refractivity contribution in [2.75, 3.05) is 17.1 Å². The van der Waals surface area contributed by atoms with Gasteiger partial charge >= 0.3 is 0 Å². The SMILES string of the molecule is C[C@@H](C(=O)NC1CCCCC1)N(Cc1ccccc1)C(=O)CN(c1cc(Cl)cc(Cl)c1)S(C)(=O)=O. The molecule has 0 bridgehead atoms. The van der Waals surface area contributed by atoms with E-state index in [4.69, 9.17) is 23.2 Å². The van der Waals surface area contributed by atoms with Crippen LogP contribution in [0.3, 0.4) is 0 Å². The van der Waals surface area contributed by atoms with Gasteiger partial charge in [-0.25, -0.2) is 8.42 Å². The Labute approximate surface area is 217 Å². The van der Waals surface area contributed by atoms with Crippen LogP contribution >= 0.6 is 23.2 Å². The van der Waals surface area contributed by atoms with Gasteiger partial charge in [-0.05, 0) is 43.5 Å². The minimum atomic E-state index is -3.85. The zero-order valence-corrected chi connectivity index (χ0v) is 22.2. The first kappa shape index (κ1) is 27.3. The first-order valence-electron chi connectivity index (χ1n) is 11.6. The van der Waals surface area contributed by atoms with Crippen LogP contribution in [0.4, 0.5) is 5.69 Å². The Balaban J connectivity index is 1.87. The first-order chi connectivity index (χ1) is 16.5. The summed E-state index contributed by atoms with van der Waals surface area (Å²) in [5, 5.41) is 3.56. The number of carbonyl (C=O) groups is 2. The minimum Gasteiger partial charge on any atom is -0.352 e. The topological polar surface area (TPSA) is 86.8 Å². The smallest absolute Gasteiger partial charge is 0.244 e. The third kappa shape index (κ3) is 7.85. The van der Waals surface area contributed by atoms with Gasteiger partial charge in [-0.1, -0.05) is 72.8 Å². The van der Waals surface area contributed by atoms with Crippen molar-refractivity contribution in [2.45, 2.75) is 57.7 Å². The van der Waals surface area contributed by atoms with E-state index in [0.717, 1.165) is 48.2 Å². The second kappa shape index (κ2) is 12.1. The molecule has 3 rings (SSSR count). The van der Waals surface area contributed by atoms with Gasteiger partial charge in [0.2, 0.25) is 21.8 Å². The number of rotatable bonds is 9. The van der Waals surface area contributed by atoms with Crippen molar-refractivity contribution in [1.82, 2.24) is 10.2 Å². The molecule has 190 valence electrons. The Morgan fingerprint density at radius 3 is 2.20 bits per heavy atom. The van der Waals surface area contributed by atoms with E-state index in [1.54, 1.807) is 6.92 Å². The van der Waals surface area contributed by atoms with Gasteiger partial charge in [0.25, 0.3) is 0 Å². The average molecular weight is 541 g/mol. The van der Waals surface area contributed by atoms with Crippen LogP contribution < -0.4 is 9.62 Å². The fourth-order valence-electron chi connectivity index (χ4n) is 4.23. The third-order valence-electron chi connectivity index (χ3n) is 6.13. The lowest BCUT2D eigenvalue weighted by Gasteiger charge is -2.33. The molecule has 1 saturated carbocycles. The van der Waals surface area contributed by atoms with Crippen LogP contribution in [-0.2, 0) is 26.2 Å². The largest absolute Gasteiger partial charge is 0.352 e. The molecule has 0 aliphatic heterocycles. The molecule has 2 aromatic rings. The van der Waals surface area contributed by atoms with E-state index in [0.29, 0.717) is 0 Å². The van der Waals surface area contributed by atoms with Gasteiger partial charge in [0.15, 0.2) is 0 Å². The maximum atomic E-state index is 13.6. The van der Waals surface area contributed by atoms with Crippen molar-refractivity contribution in [3.05, 3.63) is 64.1 Å². The number of hydrogen-bond acceptors (Lipinski definition) is 4. The Kier molecular flexibility index (Phi) is 9.44. The number of nitrogens with zero attached hydrogens (tertiary/aromatic N) is 2. The van der Waals surface area contributed by atoms with Crippen molar-refractivity contribution >= 4 is 50.7 Å². The van der Waals surface area contributed by atoms with Gasteiger partial charge in [0.1, 0.15) is 12.6 Å². The van der Waals surface area contributed by atoms with E-state index in [1.165, 1.54) is 23.1 Å². The van der Waals surface area contributed by atoms with Crippen molar-refractivity contribution in [1.29, 1.82) is 0 Å². The molecule has 7 nitrogen and oxygen atoms in total. The third-order valence-corrected chi connectivity index (χ3v) is 7.71. The van der Waals surface area contributed by atoms with Gasteiger partial charge in [-0.2, -0.15) is 0 Å². The Morgan fingerprint density at radius 1 is 1.03 bits per heavy atom. The highest BCUT2D eigenvalue weighted by atomic mass is 35.5. The molecule has 35 heavy (non-hydrogen) atoms. The molecule has 2 aromatic carbocycles. The summed E-state index contributed by atoms with van der Waals surface area (Å²) in [4.78, 5) is 28.1. The maximum Gasteiger partial charge on any atom is 0.244 e. The Hall–Kier alpha value is -2.29. The highest BCUT2D eigenvalue weighted by Crippen LogP contribution is 2.27. The molecular weight excluding hydrogens is 509 g/mol.